The molecule has 0 radical (unpaired) electrons. The summed E-state index contributed by atoms with van der Waals surface area (Å²) in [6.07, 6.45) is 4.53. The molecule has 0 heterocycles. The van der Waals surface area contributed by atoms with E-state index in [9.17, 15) is 9.90 Å². The Kier molecular flexibility index (Phi) is 9.24. The number of carboxylic acids is 1. The summed E-state index contributed by atoms with van der Waals surface area (Å²) in [6, 6.07) is -0.327. The summed E-state index contributed by atoms with van der Waals surface area (Å²) in [6.45, 7) is 6.55. The van der Waals surface area contributed by atoms with E-state index in [1.807, 2.05) is 0 Å². The van der Waals surface area contributed by atoms with E-state index in [0.29, 0.717) is 13.0 Å². The monoisotopic (exact) mass is 230 g/mol. The molecule has 1 atom stereocenters. The van der Waals surface area contributed by atoms with Gasteiger partial charge in [-0.15, -0.1) is 0 Å². The van der Waals surface area contributed by atoms with Crippen LogP contribution in [0.25, 0.3) is 0 Å². The van der Waals surface area contributed by atoms with E-state index < -0.39 is 5.97 Å². The van der Waals surface area contributed by atoms with Crippen LogP contribution in [0.3, 0.4) is 0 Å². The summed E-state index contributed by atoms with van der Waals surface area (Å²) in [4.78, 5) is 13.3. The second-order valence-corrected chi connectivity index (χ2v) is 4.17. The van der Waals surface area contributed by atoms with Crippen LogP contribution in [0.15, 0.2) is 0 Å². The highest BCUT2D eigenvalue weighted by Crippen LogP contribution is 2.10. The lowest BCUT2D eigenvalue weighted by Crippen LogP contribution is -2.42. The lowest BCUT2D eigenvalue weighted by Gasteiger charge is -2.28. The van der Waals surface area contributed by atoms with Gasteiger partial charge in [-0.1, -0.05) is 20.3 Å². The standard InChI is InChI=1S/C12H26N2O2/c1-3-9-14(10-4-2)11(12(15)16)7-5-6-8-13/h11H,3-10,13H2,1-2H3,(H,15,16). The molecular weight excluding hydrogens is 204 g/mol. The molecule has 0 aliphatic heterocycles. The van der Waals surface area contributed by atoms with Crippen LogP contribution < -0.4 is 5.73 Å². The van der Waals surface area contributed by atoms with Crippen LogP contribution in [0.4, 0.5) is 0 Å². The molecule has 96 valence electrons. The largest absolute Gasteiger partial charge is 0.480 e. The summed E-state index contributed by atoms with van der Waals surface area (Å²) in [5, 5.41) is 9.22. The Morgan fingerprint density at radius 1 is 1.25 bits per heavy atom. The number of carboxylic acid groups (broad SMARTS) is 1. The van der Waals surface area contributed by atoms with E-state index >= 15 is 0 Å². The quantitative estimate of drug-likeness (QED) is 0.560. The van der Waals surface area contributed by atoms with E-state index in [4.69, 9.17) is 5.73 Å². The van der Waals surface area contributed by atoms with E-state index in [-0.39, 0.29) is 6.04 Å². The molecular formula is C12H26N2O2. The Balaban J connectivity index is 4.26. The van der Waals surface area contributed by atoms with Crippen molar-refractivity contribution in [2.24, 2.45) is 5.73 Å². The van der Waals surface area contributed by atoms with Gasteiger partial charge in [-0.05, 0) is 45.3 Å². The SMILES string of the molecule is CCCN(CCC)C(CCCCN)C(=O)O. The van der Waals surface area contributed by atoms with Crippen LogP contribution in [0.1, 0.15) is 46.0 Å². The number of hydrogen-bond donors (Lipinski definition) is 2. The summed E-state index contributed by atoms with van der Waals surface area (Å²) < 4.78 is 0. The minimum Gasteiger partial charge on any atom is -0.480 e. The van der Waals surface area contributed by atoms with Crippen molar-refractivity contribution in [3.63, 3.8) is 0 Å². The van der Waals surface area contributed by atoms with E-state index in [2.05, 4.69) is 18.7 Å². The van der Waals surface area contributed by atoms with Gasteiger partial charge >= 0.3 is 5.97 Å². The molecule has 4 heteroatoms. The number of nitrogens with zero attached hydrogens (tertiary/aromatic N) is 1. The van der Waals surface area contributed by atoms with Gasteiger partial charge in [0.15, 0.2) is 0 Å². The molecule has 0 aliphatic rings. The summed E-state index contributed by atoms with van der Waals surface area (Å²) in [7, 11) is 0. The van der Waals surface area contributed by atoms with E-state index in [1.54, 1.807) is 0 Å². The third-order valence-corrected chi connectivity index (χ3v) is 2.68. The fourth-order valence-corrected chi connectivity index (χ4v) is 1.94. The van der Waals surface area contributed by atoms with Gasteiger partial charge in [0.1, 0.15) is 6.04 Å². The van der Waals surface area contributed by atoms with Crippen molar-refractivity contribution in [1.29, 1.82) is 0 Å². The predicted molar refractivity (Wildman–Crippen MR) is 66.5 cm³/mol. The van der Waals surface area contributed by atoms with Gasteiger partial charge in [0.25, 0.3) is 0 Å². The van der Waals surface area contributed by atoms with Crippen LogP contribution in [0.2, 0.25) is 0 Å². The maximum atomic E-state index is 11.2. The first kappa shape index (κ1) is 15.4. The molecule has 0 aliphatic carbocycles. The number of carbonyl (C=O) groups is 1. The number of nitrogens with two attached hydrogens (primary N) is 1. The Labute approximate surface area is 98.8 Å². The fraction of sp³-hybridized carbons (Fsp3) is 0.917. The maximum Gasteiger partial charge on any atom is 0.320 e. The minimum absolute atomic E-state index is 0.327. The molecule has 0 saturated carbocycles. The highest BCUT2D eigenvalue weighted by atomic mass is 16.4. The molecule has 3 N–H and O–H groups in total. The van der Waals surface area contributed by atoms with Gasteiger partial charge in [0, 0.05) is 0 Å². The van der Waals surface area contributed by atoms with E-state index in [1.165, 1.54) is 0 Å². The van der Waals surface area contributed by atoms with Crippen molar-refractivity contribution >= 4 is 5.97 Å². The molecule has 0 fully saturated rings. The number of hydrogen-bond acceptors (Lipinski definition) is 3. The van der Waals surface area contributed by atoms with Crippen LogP contribution in [-0.2, 0) is 4.79 Å². The van der Waals surface area contributed by atoms with Gasteiger partial charge < -0.3 is 10.8 Å². The zero-order valence-electron chi connectivity index (χ0n) is 10.6. The molecule has 0 aromatic carbocycles. The van der Waals surface area contributed by atoms with Crippen LogP contribution >= 0.6 is 0 Å². The zero-order chi connectivity index (χ0) is 12.4. The second kappa shape index (κ2) is 9.60. The van der Waals surface area contributed by atoms with Gasteiger partial charge in [-0.25, -0.2) is 0 Å². The zero-order valence-corrected chi connectivity index (χ0v) is 10.6. The number of aliphatic carboxylic acids is 1. The van der Waals surface area contributed by atoms with Crippen molar-refractivity contribution in [1.82, 2.24) is 4.90 Å². The molecule has 0 aromatic rings. The van der Waals surface area contributed by atoms with Crippen molar-refractivity contribution in [2.45, 2.75) is 52.0 Å². The third-order valence-electron chi connectivity index (χ3n) is 2.68. The summed E-state index contributed by atoms with van der Waals surface area (Å²) >= 11 is 0. The highest BCUT2D eigenvalue weighted by molar-refractivity contribution is 5.73. The molecule has 0 amide bonds. The lowest BCUT2D eigenvalue weighted by atomic mass is 10.1. The smallest absolute Gasteiger partial charge is 0.320 e. The van der Waals surface area contributed by atoms with Crippen molar-refractivity contribution < 1.29 is 9.90 Å². The van der Waals surface area contributed by atoms with Crippen LogP contribution in [-0.4, -0.2) is 41.7 Å². The predicted octanol–water partition coefficient (Wildman–Crippen LogP) is 1.69. The van der Waals surface area contributed by atoms with Crippen LogP contribution in [0.5, 0.6) is 0 Å². The van der Waals surface area contributed by atoms with Crippen molar-refractivity contribution in [3.8, 4) is 0 Å². The summed E-state index contributed by atoms with van der Waals surface area (Å²) in [5.74, 6) is -0.695. The molecule has 0 aromatic heterocycles. The third kappa shape index (κ3) is 6.08. The number of rotatable bonds is 10. The maximum absolute atomic E-state index is 11.2. The van der Waals surface area contributed by atoms with Gasteiger partial charge in [0.05, 0.1) is 0 Å². The van der Waals surface area contributed by atoms with Crippen molar-refractivity contribution in [2.75, 3.05) is 19.6 Å². The van der Waals surface area contributed by atoms with E-state index in [0.717, 1.165) is 38.8 Å². The van der Waals surface area contributed by atoms with Gasteiger partial charge in [-0.3, -0.25) is 9.69 Å². The average Bonchev–Trinajstić information content (AvgIpc) is 2.24. The topological polar surface area (TPSA) is 66.6 Å². The van der Waals surface area contributed by atoms with Gasteiger partial charge in [0.2, 0.25) is 0 Å². The Morgan fingerprint density at radius 2 is 1.81 bits per heavy atom. The molecule has 0 bridgehead atoms. The molecule has 0 rings (SSSR count). The average molecular weight is 230 g/mol. The number of unbranched alkanes of at least 4 members (excludes halogenated alkanes) is 1. The second-order valence-electron chi connectivity index (χ2n) is 4.17. The van der Waals surface area contributed by atoms with Crippen LogP contribution in [0, 0.1) is 0 Å². The fourth-order valence-electron chi connectivity index (χ4n) is 1.94. The Bertz CT molecular complexity index is 180. The molecule has 16 heavy (non-hydrogen) atoms. The molecule has 4 nitrogen and oxygen atoms in total. The lowest BCUT2D eigenvalue weighted by molar-refractivity contribution is -0.143. The van der Waals surface area contributed by atoms with Crippen molar-refractivity contribution in [3.05, 3.63) is 0 Å². The molecule has 0 saturated heterocycles. The normalized spacial score (nSPS) is 13.0. The molecule has 1 unspecified atom stereocenters. The minimum atomic E-state index is -0.695. The summed E-state index contributed by atoms with van der Waals surface area (Å²) in [5.41, 5.74) is 5.42. The molecule has 0 spiro atoms. The first-order valence-electron chi connectivity index (χ1n) is 6.34. The highest BCUT2D eigenvalue weighted by Gasteiger charge is 2.23. The first-order chi connectivity index (χ1) is 7.67. The first-order valence-corrected chi connectivity index (χ1v) is 6.34. The Morgan fingerprint density at radius 3 is 2.19 bits per heavy atom. The van der Waals surface area contributed by atoms with Gasteiger partial charge in [-0.2, -0.15) is 0 Å². The Hall–Kier alpha value is -0.610.